The summed E-state index contributed by atoms with van der Waals surface area (Å²) in [7, 11) is -3.09. The molecule has 0 aliphatic carbocycles. The first-order chi connectivity index (χ1) is 6.03. The molecule has 0 bridgehead atoms. The Morgan fingerprint density at radius 3 is 2.77 bits per heavy atom. The van der Waals surface area contributed by atoms with Crippen molar-refractivity contribution in [1.82, 2.24) is 10.2 Å². The molecule has 2 fully saturated rings. The summed E-state index contributed by atoms with van der Waals surface area (Å²) in [6, 6.07) is -1.42. The van der Waals surface area contributed by atoms with E-state index in [0.29, 0.717) is 6.41 Å². The molecule has 0 aromatic heterocycles. The van der Waals surface area contributed by atoms with Crippen LogP contribution >= 0.6 is 0 Å². The molecule has 6 nitrogen and oxygen atoms in total. The predicted octanol–water partition coefficient (Wildman–Crippen LogP) is -1.67. The third kappa shape index (κ3) is 1.19. The van der Waals surface area contributed by atoms with Crippen LogP contribution in [0.25, 0.3) is 0 Å². The van der Waals surface area contributed by atoms with Crippen LogP contribution in [0.2, 0.25) is 0 Å². The van der Waals surface area contributed by atoms with Crippen LogP contribution in [0.4, 0.5) is 4.79 Å². The summed E-state index contributed by atoms with van der Waals surface area (Å²) < 4.78 is 22.2. The van der Waals surface area contributed by atoms with Gasteiger partial charge < -0.3 is 5.32 Å². The molecule has 13 heavy (non-hydrogen) atoms. The molecular formula is C6H8N2O4S. The van der Waals surface area contributed by atoms with E-state index < -0.39 is 28.0 Å². The van der Waals surface area contributed by atoms with Crippen LogP contribution in [0.15, 0.2) is 0 Å². The molecule has 7 heteroatoms. The van der Waals surface area contributed by atoms with Gasteiger partial charge >= 0.3 is 6.03 Å². The number of rotatable bonds is 1. The number of hydrogen-bond acceptors (Lipinski definition) is 4. The van der Waals surface area contributed by atoms with E-state index in [1.165, 1.54) is 0 Å². The van der Waals surface area contributed by atoms with Gasteiger partial charge in [-0.3, -0.25) is 9.69 Å². The van der Waals surface area contributed by atoms with E-state index in [1.807, 2.05) is 0 Å². The second-order valence-electron chi connectivity index (χ2n) is 3.21. The lowest BCUT2D eigenvalue weighted by molar-refractivity contribution is -0.116. The van der Waals surface area contributed by atoms with Crippen LogP contribution in [0.3, 0.4) is 0 Å². The average Bonchev–Trinajstić information content (AvgIpc) is 2.39. The van der Waals surface area contributed by atoms with Crippen molar-refractivity contribution in [3.63, 3.8) is 0 Å². The molecule has 2 aliphatic rings. The van der Waals surface area contributed by atoms with Crippen LogP contribution in [-0.4, -0.2) is 49.3 Å². The van der Waals surface area contributed by atoms with Crippen molar-refractivity contribution in [2.24, 2.45) is 0 Å². The average molecular weight is 204 g/mol. The molecule has 2 atom stereocenters. The normalized spacial score (nSPS) is 35.7. The van der Waals surface area contributed by atoms with Crippen LogP contribution in [-0.2, 0) is 14.6 Å². The lowest BCUT2D eigenvalue weighted by Crippen LogP contribution is -2.35. The SMILES string of the molecule is O=CN1C(=O)N[C@H]2CS(=O)(=O)C[C@H]21. The van der Waals surface area contributed by atoms with E-state index in [4.69, 9.17) is 0 Å². The third-order valence-corrected chi connectivity index (χ3v) is 4.05. The molecule has 3 amide bonds. The van der Waals surface area contributed by atoms with Gasteiger partial charge in [-0.25, -0.2) is 13.2 Å². The second-order valence-corrected chi connectivity index (χ2v) is 5.37. The summed E-state index contributed by atoms with van der Waals surface area (Å²) in [4.78, 5) is 22.4. The minimum Gasteiger partial charge on any atom is -0.332 e. The van der Waals surface area contributed by atoms with Gasteiger partial charge in [-0.05, 0) is 0 Å². The minimum atomic E-state index is -3.09. The largest absolute Gasteiger partial charge is 0.332 e. The molecule has 0 saturated carbocycles. The van der Waals surface area contributed by atoms with Crippen molar-refractivity contribution >= 4 is 22.3 Å². The lowest BCUT2D eigenvalue weighted by Gasteiger charge is -2.11. The maximum Gasteiger partial charge on any atom is 0.324 e. The maximum atomic E-state index is 11.1. The topological polar surface area (TPSA) is 83.6 Å². The highest BCUT2D eigenvalue weighted by Gasteiger charge is 2.48. The molecule has 0 radical (unpaired) electrons. The number of nitrogens with zero attached hydrogens (tertiary/aromatic N) is 1. The summed E-state index contributed by atoms with van der Waals surface area (Å²) in [6.07, 6.45) is 0.376. The van der Waals surface area contributed by atoms with E-state index >= 15 is 0 Å². The van der Waals surface area contributed by atoms with Gasteiger partial charge in [0.25, 0.3) is 0 Å². The number of carbonyl (C=O) groups excluding carboxylic acids is 2. The fourth-order valence-corrected chi connectivity index (χ4v) is 3.65. The Kier molecular flexibility index (Phi) is 1.59. The molecule has 1 N–H and O–H groups in total. The summed E-state index contributed by atoms with van der Waals surface area (Å²) >= 11 is 0. The van der Waals surface area contributed by atoms with Crippen LogP contribution in [0, 0.1) is 0 Å². The zero-order valence-electron chi connectivity index (χ0n) is 6.63. The fourth-order valence-electron chi connectivity index (χ4n) is 1.75. The number of fused-ring (bicyclic) bond motifs is 1. The molecule has 0 unspecified atom stereocenters. The molecule has 0 spiro atoms. The molecule has 0 aromatic carbocycles. The van der Waals surface area contributed by atoms with Crippen molar-refractivity contribution in [2.75, 3.05) is 11.5 Å². The van der Waals surface area contributed by atoms with Gasteiger partial charge in [0.05, 0.1) is 23.6 Å². The number of nitrogens with one attached hydrogen (secondary N) is 1. The molecule has 72 valence electrons. The monoisotopic (exact) mass is 204 g/mol. The van der Waals surface area contributed by atoms with Crippen LogP contribution in [0.5, 0.6) is 0 Å². The van der Waals surface area contributed by atoms with Crippen LogP contribution < -0.4 is 5.32 Å². The number of imide groups is 1. The Morgan fingerprint density at radius 1 is 1.46 bits per heavy atom. The van der Waals surface area contributed by atoms with Gasteiger partial charge in [0.15, 0.2) is 9.84 Å². The maximum absolute atomic E-state index is 11.1. The number of carbonyl (C=O) groups is 2. The summed E-state index contributed by atoms with van der Waals surface area (Å²) in [6.45, 7) is 0. The van der Waals surface area contributed by atoms with E-state index in [1.54, 1.807) is 0 Å². The van der Waals surface area contributed by atoms with E-state index in [2.05, 4.69) is 5.32 Å². The molecule has 2 aliphatic heterocycles. The Bertz CT molecular complexity index is 363. The van der Waals surface area contributed by atoms with Gasteiger partial charge in [-0.2, -0.15) is 0 Å². The summed E-state index contributed by atoms with van der Waals surface area (Å²) in [5, 5.41) is 2.45. The van der Waals surface area contributed by atoms with Crippen molar-refractivity contribution in [3.8, 4) is 0 Å². The number of urea groups is 1. The summed E-state index contributed by atoms with van der Waals surface area (Å²) in [5.41, 5.74) is 0. The van der Waals surface area contributed by atoms with Crippen molar-refractivity contribution in [2.45, 2.75) is 12.1 Å². The highest BCUT2D eigenvalue weighted by atomic mass is 32.2. The zero-order chi connectivity index (χ0) is 9.64. The first-order valence-electron chi connectivity index (χ1n) is 3.78. The first kappa shape index (κ1) is 8.49. The number of amides is 3. The third-order valence-electron chi connectivity index (χ3n) is 2.34. The lowest BCUT2D eigenvalue weighted by atomic mass is 10.2. The Hall–Kier alpha value is -1.11. The van der Waals surface area contributed by atoms with E-state index in [-0.39, 0.29) is 11.5 Å². The quantitative estimate of drug-likeness (QED) is 0.409. The Labute approximate surface area is 74.8 Å². The second kappa shape index (κ2) is 2.44. The van der Waals surface area contributed by atoms with Crippen molar-refractivity contribution < 1.29 is 18.0 Å². The smallest absolute Gasteiger partial charge is 0.324 e. The summed E-state index contributed by atoms with van der Waals surface area (Å²) in [5.74, 6) is -0.178. The van der Waals surface area contributed by atoms with Crippen LogP contribution in [0.1, 0.15) is 0 Å². The van der Waals surface area contributed by atoms with Crippen molar-refractivity contribution in [3.05, 3.63) is 0 Å². The molecular weight excluding hydrogens is 196 g/mol. The molecule has 2 heterocycles. The van der Waals surface area contributed by atoms with Gasteiger partial charge in [0, 0.05) is 0 Å². The fraction of sp³-hybridized carbons (Fsp3) is 0.667. The predicted molar refractivity (Wildman–Crippen MR) is 42.7 cm³/mol. The van der Waals surface area contributed by atoms with Gasteiger partial charge in [0.1, 0.15) is 0 Å². The highest BCUT2D eigenvalue weighted by molar-refractivity contribution is 7.91. The van der Waals surface area contributed by atoms with E-state index in [0.717, 1.165) is 4.90 Å². The molecule has 2 rings (SSSR count). The highest BCUT2D eigenvalue weighted by Crippen LogP contribution is 2.22. The van der Waals surface area contributed by atoms with Gasteiger partial charge in [-0.15, -0.1) is 0 Å². The minimum absolute atomic E-state index is 0.0618. The molecule has 2 saturated heterocycles. The van der Waals surface area contributed by atoms with E-state index in [9.17, 15) is 18.0 Å². The zero-order valence-corrected chi connectivity index (χ0v) is 7.45. The van der Waals surface area contributed by atoms with Gasteiger partial charge in [0.2, 0.25) is 6.41 Å². The first-order valence-corrected chi connectivity index (χ1v) is 5.60. The van der Waals surface area contributed by atoms with Gasteiger partial charge in [-0.1, -0.05) is 0 Å². The van der Waals surface area contributed by atoms with Crippen molar-refractivity contribution in [1.29, 1.82) is 0 Å². The number of hydrogen-bond donors (Lipinski definition) is 1. The number of sulfone groups is 1. The Balaban J connectivity index is 2.29. The standard InChI is InChI=1S/C6H8N2O4S/c9-3-8-5-2-13(11,12)1-4(5)7-6(8)10/h3-5H,1-2H2,(H,7,10)/t4-,5+/m0/s1. The Morgan fingerprint density at radius 2 is 2.15 bits per heavy atom. The molecule has 0 aromatic rings.